The van der Waals surface area contributed by atoms with Crippen molar-refractivity contribution < 1.29 is 9.59 Å². The van der Waals surface area contributed by atoms with Gasteiger partial charge in [0.1, 0.15) is 0 Å². The first kappa shape index (κ1) is 14.2. The summed E-state index contributed by atoms with van der Waals surface area (Å²) in [7, 11) is 0. The van der Waals surface area contributed by atoms with Crippen molar-refractivity contribution in [3.63, 3.8) is 0 Å². The lowest BCUT2D eigenvalue weighted by Crippen LogP contribution is -2.44. The Kier molecular flexibility index (Phi) is 2.92. The molecule has 4 atom stereocenters. The quantitative estimate of drug-likeness (QED) is 0.814. The molecule has 2 bridgehead atoms. The monoisotopic (exact) mass is 296 g/mol. The van der Waals surface area contributed by atoms with E-state index in [2.05, 4.69) is 20.8 Å². The molecule has 116 valence electrons. The van der Waals surface area contributed by atoms with E-state index < -0.39 is 0 Å². The molecule has 3 aliphatic rings. The summed E-state index contributed by atoms with van der Waals surface area (Å²) in [5.41, 5.74) is 2.61. The summed E-state index contributed by atoms with van der Waals surface area (Å²) in [6.45, 7) is 6.55. The molecule has 4 unspecified atom stereocenters. The number of Topliss-reactive ketones (excluding diaryl/α,β-unsaturated/α-hetero) is 2. The molecule has 2 fully saturated rings. The van der Waals surface area contributed by atoms with Gasteiger partial charge >= 0.3 is 0 Å². The van der Waals surface area contributed by atoms with Crippen LogP contribution in [0.5, 0.6) is 0 Å². The van der Waals surface area contributed by atoms with E-state index in [-0.39, 0.29) is 28.8 Å². The molecule has 1 aromatic rings. The first-order valence-corrected chi connectivity index (χ1v) is 8.63. The van der Waals surface area contributed by atoms with Gasteiger partial charge < -0.3 is 0 Å². The van der Waals surface area contributed by atoms with E-state index in [0.717, 1.165) is 36.8 Å². The second-order valence-corrected chi connectivity index (χ2v) is 8.33. The van der Waals surface area contributed by atoms with Crippen LogP contribution in [0.4, 0.5) is 0 Å². The molecule has 0 aromatic heterocycles. The van der Waals surface area contributed by atoms with Crippen LogP contribution in [0.1, 0.15) is 66.3 Å². The Morgan fingerprint density at radius 3 is 2.73 bits per heavy atom. The van der Waals surface area contributed by atoms with E-state index in [1.54, 1.807) is 0 Å². The summed E-state index contributed by atoms with van der Waals surface area (Å²) in [5.74, 6) is 1.35. The third-order valence-electron chi connectivity index (χ3n) is 6.31. The van der Waals surface area contributed by atoms with Crippen molar-refractivity contribution in [3.8, 4) is 0 Å². The summed E-state index contributed by atoms with van der Waals surface area (Å²) >= 11 is 0. The van der Waals surface area contributed by atoms with Crippen molar-refractivity contribution in [3.05, 3.63) is 34.9 Å². The number of fused-ring (bicyclic) bond motifs is 6. The maximum absolute atomic E-state index is 13.2. The van der Waals surface area contributed by atoms with Gasteiger partial charge in [0.05, 0.1) is 0 Å². The summed E-state index contributed by atoms with van der Waals surface area (Å²) < 4.78 is 0. The van der Waals surface area contributed by atoms with Gasteiger partial charge in [-0.1, -0.05) is 39.0 Å². The number of hydrogen-bond acceptors (Lipinski definition) is 2. The smallest absolute Gasteiger partial charge is 0.167 e. The fourth-order valence-corrected chi connectivity index (χ4v) is 5.50. The van der Waals surface area contributed by atoms with Crippen molar-refractivity contribution in [2.45, 2.75) is 46.5 Å². The minimum absolute atomic E-state index is 0.0351. The second kappa shape index (κ2) is 4.53. The zero-order chi connectivity index (χ0) is 15.6. The number of benzene rings is 1. The zero-order valence-corrected chi connectivity index (χ0v) is 13.7. The molecule has 0 spiro atoms. The predicted octanol–water partition coefficient (Wildman–Crippen LogP) is 4.32. The minimum Gasteiger partial charge on any atom is -0.294 e. The van der Waals surface area contributed by atoms with Crippen molar-refractivity contribution in [1.29, 1.82) is 0 Å². The highest BCUT2D eigenvalue weighted by Gasteiger charge is 2.62. The third kappa shape index (κ3) is 1.73. The lowest BCUT2D eigenvalue weighted by Gasteiger charge is -2.39. The van der Waals surface area contributed by atoms with Crippen LogP contribution < -0.4 is 0 Å². The molecule has 3 aliphatic carbocycles. The number of carbonyl (C=O) groups is 2. The van der Waals surface area contributed by atoms with Gasteiger partial charge in [-0.3, -0.25) is 9.59 Å². The summed E-state index contributed by atoms with van der Waals surface area (Å²) in [4.78, 5) is 26.4. The molecule has 2 saturated carbocycles. The maximum Gasteiger partial charge on any atom is 0.167 e. The highest BCUT2D eigenvalue weighted by molar-refractivity contribution is 6.17. The Labute approximate surface area is 132 Å². The van der Waals surface area contributed by atoms with Gasteiger partial charge in [-0.2, -0.15) is 0 Å². The van der Waals surface area contributed by atoms with E-state index in [9.17, 15) is 9.59 Å². The average molecular weight is 296 g/mol. The SMILES string of the molecule is CC(C)Cc1cccc2c1C(=O)C1C3CCC(C)(C3)C1C2=O. The molecule has 0 radical (unpaired) electrons. The number of rotatable bonds is 2. The molecule has 1 aromatic carbocycles. The molecule has 0 amide bonds. The fourth-order valence-electron chi connectivity index (χ4n) is 5.50. The number of ketones is 2. The molecule has 2 nitrogen and oxygen atoms in total. The zero-order valence-electron chi connectivity index (χ0n) is 13.7. The fraction of sp³-hybridized carbons (Fsp3) is 0.600. The largest absolute Gasteiger partial charge is 0.294 e. The Bertz CT molecular complexity index is 672. The van der Waals surface area contributed by atoms with Crippen molar-refractivity contribution in [1.82, 2.24) is 0 Å². The van der Waals surface area contributed by atoms with Gasteiger partial charge in [0, 0.05) is 23.0 Å². The standard InChI is InChI=1S/C20H24O2/c1-11(2)9-12-5-4-6-14-15(12)19(22)16-13-7-8-20(3,10-13)17(16)18(14)21/h4-6,11,13,16-17H,7-10H2,1-3H3. The van der Waals surface area contributed by atoms with Gasteiger partial charge in [0.25, 0.3) is 0 Å². The molecule has 0 heterocycles. The summed E-state index contributed by atoms with van der Waals surface area (Å²) in [6, 6.07) is 5.88. The lowest BCUT2D eigenvalue weighted by molar-refractivity contribution is 0.0571. The summed E-state index contributed by atoms with van der Waals surface area (Å²) in [5, 5.41) is 0. The van der Waals surface area contributed by atoms with Gasteiger partial charge in [-0.15, -0.1) is 0 Å². The molecule has 2 heteroatoms. The van der Waals surface area contributed by atoms with Crippen LogP contribution >= 0.6 is 0 Å². The van der Waals surface area contributed by atoms with Gasteiger partial charge in [0.2, 0.25) is 0 Å². The highest BCUT2D eigenvalue weighted by atomic mass is 16.1. The van der Waals surface area contributed by atoms with E-state index in [0.29, 0.717) is 17.4 Å². The second-order valence-electron chi connectivity index (χ2n) is 8.33. The van der Waals surface area contributed by atoms with E-state index in [1.165, 1.54) is 0 Å². The van der Waals surface area contributed by atoms with Crippen LogP contribution in [0.2, 0.25) is 0 Å². The minimum atomic E-state index is -0.0550. The van der Waals surface area contributed by atoms with Crippen LogP contribution in [0.15, 0.2) is 18.2 Å². The van der Waals surface area contributed by atoms with Crippen molar-refractivity contribution >= 4 is 11.6 Å². The van der Waals surface area contributed by atoms with Crippen molar-refractivity contribution in [2.24, 2.45) is 29.1 Å². The van der Waals surface area contributed by atoms with Gasteiger partial charge in [-0.05, 0) is 48.5 Å². The van der Waals surface area contributed by atoms with Crippen LogP contribution in [0, 0.1) is 29.1 Å². The highest BCUT2D eigenvalue weighted by Crippen LogP contribution is 2.63. The lowest BCUT2D eigenvalue weighted by atomic mass is 9.62. The number of hydrogen-bond donors (Lipinski definition) is 0. The Hall–Kier alpha value is -1.44. The molecular formula is C20H24O2. The van der Waals surface area contributed by atoms with E-state index in [4.69, 9.17) is 0 Å². The Balaban J connectivity index is 1.87. The number of carbonyl (C=O) groups excluding carboxylic acids is 2. The maximum atomic E-state index is 13.2. The van der Waals surface area contributed by atoms with E-state index >= 15 is 0 Å². The van der Waals surface area contributed by atoms with Crippen LogP contribution in [0.25, 0.3) is 0 Å². The normalized spacial score (nSPS) is 35.9. The van der Waals surface area contributed by atoms with Crippen molar-refractivity contribution in [2.75, 3.05) is 0 Å². The summed E-state index contributed by atoms with van der Waals surface area (Å²) in [6.07, 6.45) is 4.17. The molecule has 0 N–H and O–H groups in total. The van der Waals surface area contributed by atoms with Crippen LogP contribution in [0.3, 0.4) is 0 Å². The first-order chi connectivity index (χ1) is 10.4. The molecule has 0 aliphatic heterocycles. The van der Waals surface area contributed by atoms with Gasteiger partial charge in [-0.25, -0.2) is 0 Å². The molecule has 22 heavy (non-hydrogen) atoms. The Morgan fingerprint density at radius 1 is 1.23 bits per heavy atom. The Morgan fingerprint density at radius 2 is 2.00 bits per heavy atom. The molecular weight excluding hydrogens is 272 g/mol. The first-order valence-electron chi connectivity index (χ1n) is 8.63. The van der Waals surface area contributed by atoms with E-state index in [1.807, 2.05) is 18.2 Å². The van der Waals surface area contributed by atoms with Crippen LogP contribution in [-0.2, 0) is 6.42 Å². The topological polar surface area (TPSA) is 34.1 Å². The molecule has 0 saturated heterocycles. The predicted molar refractivity (Wildman–Crippen MR) is 86.1 cm³/mol. The molecule has 4 rings (SSSR count). The van der Waals surface area contributed by atoms with Crippen LogP contribution in [-0.4, -0.2) is 11.6 Å². The average Bonchev–Trinajstić information content (AvgIpc) is 2.97. The third-order valence-corrected chi connectivity index (χ3v) is 6.31. The van der Waals surface area contributed by atoms with Gasteiger partial charge in [0.15, 0.2) is 11.6 Å².